The Bertz CT molecular complexity index is 387. The minimum absolute atomic E-state index is 0.138. The fourth-order valence-electron chi connectivity index (χ4n) is 5.35. The molecule has 0 heterocycles. The zero-order valence-electron chi connectivity index (χ0n) is 12.2. The van der Waals surface area contributed by atoms with Gasteiger partial charge in [0.05, 0.1) is 5.60 Å². The molecule has 0 spiro atoms. The smallest absolute Gasteiger partial charge is 0.136 e. The van der Waals surface area contributed by atoms with Crippen LogP contribution in [0.15, 0.2) is 0 Å². The highest BCUT2D eigenvalue weighted by molar-refractivity contribution is 5.81. The molecule has 0 amide bonds. The molecule has 0 N–H and O–H groups in total. The molecule has 0 aliphatic heterocycles. The van der Waals surface area contributed by atoms with E-state index in [2.05, 4.69) is 20.8 Å². The second-order valence-electron chi connectivity index (χ2n) is 8.09. The third-order valence-electron chi connectivity index (χ3n) is 6.22. The lowest BCUT2D eigenvalue weighted by atomic mass is 9.49. The molecule has 2 heteroatoms. The molecule has 3 aliphatic carbocycles. The average molecular weight is 250 g/mol. The second-order valence-corrected chi connectivity index (χ2v) is 8.09. The highest BCUT2D eigenvalue weighted by Crippen LogP contribution is 2.65. The molecule has 0 saturated heterocycles. The fraction of sp³-hybridized carbons (Fsp3) is 0.938. The van der Waals surface area contributed by atoms with Gasteiger partial charge in [-0.15, -0.1) is 0 Å². The molecule has 0 unspecified atom stereocenters. The van der Waals surface area contributed by atoms with E-state index in [0.29, 0.717) is 23.5 Å². The predicted molar refractivity (Wildman–Crippen MR) is 71.3 cm³/mol. The van der Waals surface area contributed by atoms with Crippen molar-refractivity contribution in [2.45, 2.75) is 64.9 Å². The molecular weight excluding hydrogens is 224 g/mol. The zero-order valence-corrected chi connectivity index (χ0v) is 12.2. The van der Waals surface area contributed by atoms with E-state index in [1.807, 2.05) is 7.11 Å². The van der Waals surface area contributed by atoms with Crippen LogP contribution in [0.25, 0.3) is 0 Å². The molecule has 0 radical (unpaired) electrons. The van der Waals surface area contributed by atoms with Crippen LogP contribution in [0.2, 0.25) is 0 Å². The summed E-state index contributed by atoms with van der Waals surface area (Å²) in [5, 5.41) is 0. The second kappa shape index (κ2) is 3.59. The summed E-state index contributed by atoms with van der Waals surface area (Å²) in [5.41, 5.74) is 0.507. The van der Waals surface area contributed by atoms with Crippen LogP contribution < -0.4 is 0 Å². The van der Waals surface area contributed by atoms with Crippen molar-refractivity contribution >= 4 is 5.78 Å². The predicted octanol–water partition coefficient (Wildman–Crippen LogP) is 3.59. The van der Waals surface area contributed by atoms with E-state index in [1.54, 1.807) is 0 Å². The van der Waals surface area contributed by atoms with Crippen molar-refractivity contribution in [2.24, 2.45) is 22.7 Å². The summed E-state index contributed by atoms with van der Waals surface area (Å²) >= 11 is 0. The molecular formula is C16H26O2. The van der Waals surface area contributed by atoms with Gasteiger partial charge < -0.3 is 4.74 Å². The van der Waals surface area contributed by atoms with Crippen LogP contribution in [0, 0.1) is 22.7 Å². The Labute approximate surface area is 110 Å². The summed E-state index contributed by atoms with van der Waals surface area (Å²) in [6, 6.07) is 0. The number of hydrogen-bond donors (Lipinski definition) is 0. The largest absolute Gasteiger partial charge is 0.377 e. The highest BCUT2D eigenvalue weighted by atomic mass is 16.5. The molecule has 2 bridgehead atoms. The summed E-state index contributed by atoms with van der Waals surface area (Å²) in [4.78, 5) is 12.2. The van der Waals surface area contributed by atoms with Crippen LogP contribution in [0.3, 0.4) is 0 Å². The van der Waals surface area contributed by atoms with Crippen LogP contribution in [0.4, 0.5) is 0 Å². The molecule has 2 nitrogen and oxygen atoms in total. The van der Waals surface area contributed by atoms with Gasteiger partial charge in [0, 0.05) is 20.0 Å². The topological polar surface area (TPSA) is 26.3 Å². The first-order valence-corrected chi connectivity index (χ1v) is 7.37. The van der Waals surface area contributed by atoms with Crippen molar-refractivity contribution in [1.82, 2.24) is 0 Å². The van der Waals surface area contributed by atoms with Crippen molar-refractivity contribution in [3.8, 4) is 0 Å². The Morgan fingerprint density at radius 1 is 1.17 bits per heavy atom. The lowest BCUT2D eigenvalue weighted by Gasteiger charge is -2.58. The van der Waals surface area contributed by atoms with Crippen LogP contribution in [0.1, 0.15) is 59.3 Å². The van der Waals surface area contributed by atoms with E-state index in [9.17, 15) is 4.79 Å². The number of carbonyl (C=O) groups excluding carboxylic acids is 1. The minimum atomic E-state index is -0.138. The van der Waals surface area contributed by atoms with E-state index >= 15 is 0 Å². The average Bonchev–Trinajstić information content (AvgIpc) is 2.31. The summed E-state index contributed by atoms with van der Waals surface area (Å²) in [6.07, 6.45) is 6.25. The molecule has 3 aliphatic rings. The molecule has 3 saturated carbocycles. The molecule has 3 fully saturated rings. The Kier molecular flexibility index (Phi) is 2.53. The first kappa shape index (κ1) is 12.7. The van der Waals surface area contributed by atoms with Gasteiger partial charge in [-0.2, -0.15) is 0 Å². The number of carbonyl (C=O) groups is 1. The first-order valence-electron chi connectivity index (χ1n) is 7.37. The summed E-state index contributed by atoms with van der Waals surface area (Å²) < 4.78 is 5.97. The molecule has 3 rings (SSSR count). The van der Waals surface area contributed by atoms with Crippen LogP contribution in [-0.2, 0) is 9.53 Å². The van der Waals surface area contributed by atoms with Gasteiger partial charge in [-0.25, -0.2) is 0 Å². The molecule has 18 heavy (non-hydrogen) atoms. The molecule has 0 aromatic rings. The number of rotatable bonds is 1. The molecule has 0 aromatic heterocycles. The monoisotopic (exact) mass is 250 g/mol. The summed E-state index contributed by atoms with van der Waals surface area (Å²) in [6.45, 7) is 7.07. The van der Waals surface area contributed by atoms with Crippen molar-refractivity contribution in [2.75, 3.05) is 7.11 Å². The van der Waals surface area contributed by atoms with Gasteiger partial charge in [0.25, 0.3) is 0 Å². The maximum atomic E-state index is 12.2. The number of hydrogen-bond acceptors (Lipinski definition) is 2. The maximum absolute atomic E-state index is 12.2. The maximum Gasteiger partial charge on any atom is 0.136 e. The third kappa shape index (κ3) is 1.61. The van der Waals surface area contributed by atoms with Gasteiger partial charge in [-0.05, 0) is 48.3 Å². The van der Waals surface area contributed by atoms with E-state index < -0.39 is 0 Å². The number of ketones is 1. The number of fused-ring (bicyclic) bond motifs is 4. The Morgan fingerprint density at radius 2 is 1.89 bits per heavy atom. The number of methoxy groups -OCH3 is 1. The van der Waals surface area contributed by atoms with Crippen molar-refractivity contribution in [3.63, 3.8) is 0 Å². The zero-order chi connectivity index (χ0) is 13.2. The standard InChI is InChI=1S/C16H26O2/c1-14(2)9-13-12(14)5-6-15(3)7-11(17)8-16(13,10-15)18-4/h12-13H,5-10H2,1-4H3/t12-,13-,15-,16-/m0/s1. The minimum Gasteiger partial charge on any atom is -0.377 e. The summed E-state index contributed by atoms with van der Waals surface area (Å²) in [7, 11) is 1.83. The summed E-state index contributed by atoms with van der Waals surface area (Å²) in [5.74, 6) is 1.80. The number of Topliss-reactive ketones (excluding diaryl/α,β-unsaturated/α-hetero) is 1. The van der Waals surface area contributed by atoms with Gasteiger partial charge in [-0.1, -0.05) is 20.8 Å². The highest BCUT2D eigenvalue weighted by Gasteiger charge is 2.62. The van der Waals surface area contributed by atoms with Crippen LogP contribution >= 0.6 is 0 Å². The SMILES string of the molecule is CO[C@]12CC(=O)C[C@](C)(CC[C@H]3[C@@H]1CC3(C)C)C2. The van der Waals surface area contributed by atoms with Crippen molar-refractivity contribution < 1.29 is 9.53 Å². The van der Waals surface area contributed by atoms with Crippen LogP contribution in [0.5, 0.6) is 0 Å². The van der Waals surface area contributed by atoms with Gasteiger partial charge in [-0.3, -0.25) is 4.79 Å². The van der Waals surface area contributed by atoms with E-state index in [1.165, 1.54) is 19.3 Å². The molecule has 102 valence electrons. The van der Waals surface area contributed by atoms with E-state index in [0.717, 1.165) is 18.8 Å². The van der Waals surface area contributed by atoms with E-state index in [-0.39, 0.29) is 11.0 Å². The van der Waals surface area contributed by atoms with Gasteiger partial charge in [0.1, 0.15) is 5.78 Å². The Balaban J connectivity index is 1.99. The van der Waals surface area contributed by atoms with Crippen molar-refractivity contribution in [3.05, 3.63) is 0 Å². The normalized spacial score (nSPS) is 50.1. The van der Waals surface area contributed by atoms with Crippen LogP contribution in [-0.4, -0.2) is 18.5 Å². The number of ether oxygens (including phenoxy) is 1. The van der Waals surface area contributed by atoms with Gasteiger partial charge in [0.2, 0.25) is 0 Å². The fourth-order valence-corrected chi connectivity index (χ4v) is 5.35. The van der Waals surface area contributed by atoms with Gasteiger partial charge in [0.15, 0.2) is 0 Å². The molecule has 0 aromatic carbocycles. The quantitative estimate of drug-likeness (QED) is 0.711. The Morgan fingerprint density at radius 3 is 2.50 bits per heavy atom. The van der Waals surface area contributed by atoms with E-state index in [4.69, 9.17) is 4.74 Å². The lowest BCUT2D eigenvalue weighted by molar-refractivity contribution is -0.181. The van der Waals surface area contributed by atoms with Gasteiger partial charge >= 0.3 is 0 Å². The lowest BCUT2D eigenvalue weighted by Crippen LogP contribution is -2.58. The Hall–Kier alpha value is -0.370. The first-order chi connectivity index (χ1) is 8.30. The third-order valence-corrected chi connectivity index (χ3v) is 6.22. The molecule has 4 atom stereocenters. The van der Waals surface area contributed by atoms with Crippen molar-refractivity contribution in [1.29, 1.82) is 0 Å².